The van der Waals surface area contributed by atoms with E-state index in [9.17, 15) is 4.39 Å². The van der Waals surface area contributed by atoms with Gasteiger partial charge in [-0.3, -0.25) is 0 Å². The van der Waals surface area contributed by atoms with Crippen LogP contribution in [0.25, 0.3) is 10.9 Å². The second-order valence-corrected chi connectivity index (χ2v) is 4.47. The quantitative estimate of drug-likeness (QED) is 0.724. The summed E-state index contributed by atoms with van der Waals surface area (Å²) >= 11 is 0. The summed E-state index contributed by atoms with van der Waals surface area (Å²) in [6, 6.07) is 9.95. The van der Waals surface area contributed by atoms with E-state index in [0.29, 0.717) is 28.3 Å². The number of aromatic nitrogens is 2. The van der Waals surface area contributed by atoms with Crippen LogP contribution in [0, 0.1) is 12.7 Å². The zero-order chi connectivity index (χ0) is 14.1. The smallest absolute Gasteiger partial charge is 0.230 e. The summed E-state index contributed by atoms with van der Waals surface area (Å²) in [6.45, 7) is 1.69. The molecule has 100 valence electrons. The minimum atomic E-state index is -0.319. The Morgan fingerprint density at radius 2 is 1.95 bits per heavy atom. The molecule has 0 saturated heterocycles. The first-order chi connectivity index (χ1) is 9.63. The Morgan fingerprint density at radius 3 is 2.75 bits per heavy atom. The number of rotatable bonds is 2. The third kappa shape index (κ3) is 2.25. The van der Waals surface area contributed by atoms with Crippen molar-refractivity contribution in [2.45, 2.75) is 6.92 Å². The van der Waals surface area contributed by atoms with Gasteiger partial charge in [0.25, 0.3) is 0 Å². The van der Waals surface area contributed by atoms with Crippen LogP contribution in [0.1, 0.15) is 5.56 Å². The Hall–Kier alpha value is -2.69. The molecule has 0 atom stereocenters. The van der Waals surface area contributed by atoms with Crippen LogP contribution in [-0.2, 0) is 0 Å². The monoisotopic (exact) mass is 269 g/mol. The van der Waals surface area contributed by atoms with Crippen molar-refractivity contribution in [3.63, 3.8) is 0 Å². The second-order valence-electron chi connectivity index (χ2n) is 4.47. The number of ether oxygens (including phenoxy) is 1. The third-order valence-corrected chi connectivity index (χ3v) is 2.98. The van der Waals surface area contributed by atoms with E-state index in [4.69, 9.17) is 10.5 Å². The second kappa shape index (κ2) is 4.77. The minimum absolute atomic E-state index is 0.319. The Kier molecular flexibility index (Phi) is 2.95. The number of halogens is 1. The molecule has 0 radical (unpaired) electrons. The summed E-state index contributed by atoms with van der Waals surface area (Å²) < 4.78 is 19.2. The molecule has 2 N–H and O–H groups in total. The Balaban J connectivity index is 2.05. The predicted octanol–water partition coefficient (Wildman–Crippen LogP) is 3.45. The van der Waals surface area contributed by atoms with Gasteiger partial charge in [-0.1, -0.05) is 6.07 Å². The average Bonchev–Trinajstić information content (AvgIpc) is 2.44. The predicted molar refractivity (Wildman–Crippen MR) is 75.2 cm³/mol. The van der Waals surface area contributed by atoms with Crippen molar-refractivity contribution in [1.29, 1.82) is 0 Å². The van der Waals surface area contributed by atoms with E-state index in [1.165, 1.54) is 12.4 Å². The maximum atomic E-state index is 13.5. The molecule has 2 aromatic carbocycles. The lowest BCUT2D eigenvalue weighted by atomic mass is 10.2. The molecule has 20 heavy (non-hydrogen) atoms. The summed E-state index contributed by atoms with van der Waals surface area (Å²) in [5, 5.41) is 0.688. The van der Waals surface area contributed by atoms with Crippen LogP contribution in [0.4, 0.5) is 10.1 Å². The first-order valence-electron chi connectivity index (χ1n) is 6.08. The number of benzene rings is 2. The fraction of sp³-hybridized carbons (Fsp3) is 0.0667. The van der Waals surface area contributed by atoms with E-state index in [2.05, 4.69) is 9.97 Å². The molecule has 1 heterocycles. The van der Waals surface area contributed by atoms with Gasteiger partial charge in [0.1, 0.15) is 17.9 Å². The summed E-state index contributed by atoms with van der Waals surface area (Å²) in [4.78, 5) is 8.22. The van der Waals surface area contributed by atoms with E-state index in [0.717, 1.165) is 5.52 Å². The van der Waals surface area contributed by atoms with Gasteiger partial charge >= 0.3 is 0 Å². The molecule has 0 amide bonds. The van der Waals surface area contributed by atoms with Crippen molar-refractivity contribution in [3.8, 4) is 11.6 Å². The Bertz CT molecular complexity index is 789. The van der Waals surface area contributed by atoms with Crippen molar-refractivity contribution < 1.29 is 9.13 Å². The van der Waals surface area contributed by atoms with Gasteiger partial charge in [0.05, 0.1) is 10.9 Å². The third-order valence-electron chi connectivity index (χ3n) is 2.98. The highest BCUT2D eigenvalue weighted by molar-refractivity contribution is 5.86. The summed E-state index contributed by atoms with van der Waals surface area (Å²) in [6.07, 6.45) is 1.40. The lowest BCUT2D eigenvalue weighted by molar-refractivity contribution is 0.462. The lowest BCUT2D eigenvalue weighted by Crippen LogP contribution is -1.94. The van der Waals surface area contributed by atoms with Gasteiger partial charge in [0, 0.05) is 11.8 Å². The molecule has 1 aromatic heterocycles. The lowest BCUT2D eigenvalue weighted by Gasteiger charge is -2.08. The number of anilines is 1. The number of hydrogen-bond acceptors (Lipinski definition) is 4. The van der Waals surface area contributed by atoms with E-state index in [1.807, 2.05) is 0 Å². The molecule has 0 spiro atoms. The van der Waals surface area contributed by atoms with Crippen LogP contribution in [0.3, 0.4) is 0 Å². The molecule has 0 fully saturated rings. The molecule has 5 heteroatoms. The normalized spacial score (nSPS) is 10.7. The average molecular weight is 269 g/mol. The zero-order valence-corrected chi connectivity index (χ0v) is 10.8. The van der Waals surface area contributed by atoms with Gasteiger partial charge < -0.3 is 10.5 Å². The number of aryl methyl sites for hydroxylation is 1. The molecular weight excluding hydrogens is 257 g/mol. The number of nitrogen functional groups attached to an aromatic ring is 1. The van der Waals surface area contributed by atoms with Crippen LogP contribution in [0.2, 0.25) is 0 Å². The summed E-state index contributed by atoms with van der Waals surface area (Å²) in [7, 11) is 0. The van der Waals surface area contributed by atoms with Crippen LogP contribution in [0.5, 0.6) is 11.6 Å². The standard InChI is InChI=1S/C15H12FN3O/c1-9-2-4-11(7-13(9)16)20-15-12-6-10(17)3-5-14(12)18-8-19-15/h2-8H,17H2,1H3. The Labute approximate surface area is 115 Å². The van der Waals surface area contributed by atoms with Gasteiger partial charge in [-0.05, 0) is 36.8 Å². The summed E-state index contributed by atoms with van der Waals surface area (Å²) in [5.74, 6) is 0.418. The van der Waals surface area contributed by atoms with Crippen molar-refractivity contribution >= 4 is 16.6 Å². The van der Waals surface area contributed by atoms with E-state index < -0.39 is 0 Å². The fourth-order valence-electron chi connectivity index (χ4n) is 1.88. The topological polar surface area (TPSA) is 61.0 Å². The molecule has 0 aliphatic heterocycles. The van der Waals surface area contributed by atoms with Crippen molar-refractivity contribution in [3.05, 3.63) is 54.1 Å². The number of nitrogens with zero attached hydrogens (tertiary/aromatic N) is 2. The van der Waals surface area contributed by atoms with Gasteiger partial charge in [-0.15, -0.1) is 0 Å². The van der Waals surface area contributed by atoms with Gasteiger partial charge in [0.2, 0.25) is 5.88 Å². The fourth-order valence-corrected chi connectivity index (χ4v) is 1.88. The maximum absolute atomic E-state index is 13.5. The first kappa shape index (κ1) is 12.3. The number of hydrogen-bond donors (Lipinski definition) is 1. The van der Waals surface area contributed by atoms with Gasteiger partial charge in [-0.2, -0.15) is 0 Å². The maximum Gasteiger partial charge on any atom is 0.230 e. The van der Waals surface area contributed by atoms with Gasteiger partial charge in [-0.25, -0.2) is 14.4 Å². The van der Waals surface area contributed by atoms with E-state index >= 15 is 0 Å². The van der Waals surface area contributed by atoms with Crippen LogP contribution < -0.4 is 10.5 Å². The number of fused-ring (bicyclic) bond motifs is 1. The Morgan fingerprint density at radius 1 is 1.10 bits per heavy atom. The van der Waals surface area contributed by atoms with Crippen molar-refractivity contribution in [2.24, 2.45) is 0 Å². The number of nitrogens with two attached hydrogens (primary N) is 1. The first-order valence-corrected chi connectivity index (χ1v) is 6.08. The molecule has 4 nitrogen and oxygen atoms in total. The van der Waals surface area contributed by atoms with Crippen molar-refractivity contribution in [2.75, 3.05) is 5.73 Å². The molecule has 0 bridgehead atoms. The summed E-state index contributed by atoms with van der Waals surface area (Å²) in [5.41, 5.74) is 7.63. The SMILES string of the molecule is Cc1ccc(Oc2ncnc3ccc(N)cc23)cc1F. The van der Waals surface area contributed by atoms with E-state index in [1.54, 1.807) is 37.3 Å². The highest BCUT2D eigenvalue weighted by Crippen LogP contribution is 2.28. The van der Waals surface area contributed by atoms with Crippen LogP contribution in [-0.4, -0.2) is 9.97 Å². The molecule has 3 rings (SSSR count). The molecule has 0 saturated carbocycles. The van der Waals surface area contributed by atoms with Gasteiger partial charge in [0.15, 0.2) is 0 Å². The largest absolute Gasteiger partial charge is 0.438 e. The molecular formula is C15H12FN3O. The molecule has 3 aromatic rings. The minimum Gasteiger partial charge on any atom is -0.438 e. The van der Waals surface area contributed by atoms with Crippen molar-refractivity contribution in [1.82, 2.24) is 9.97 Å². The highest BCUT2D eigenvalue weighted by Gasteiger charge is 2.08. The zero-order valence-electron chi connectivity index (χ0n) is 10.8. The van der Waals surface area contributed by atoms with Crippen LogP contribution in [0.15, 0.2) is 42.7 Å². The molecule has 0 aliphatic carbocycles. The molecule has 0 aliphatic rings. The molecule has 0 unspecified atom stereocenters. The van der Waals surface area contributed by atoms with Crippen LogP contribution >= 0.6 is 0 Å². The van der Waals surface area contributed by atoms with E-state index in [-0.39, 0.29) is 5.82 Å². The highest BCUT2D eigenvalue weighted by atomic mass is 19.1.